The summed E-state index contributed by atoms with van der Waals surface area (Å²) in [5.74, 6) is -0.932. The standard InChI is InChI=1S/C30H20FN3O6S2/c1-2-39-29(36)25-26(17-7-4-3-5-8-17)32-30-33(27(25)23-9-6-14-41-23)28(35)24(42-30)16-19-11-13-22(40-19)18-10-12-20(31)21(15-18)34(37)38/h3-16,27H,2H2,1H3/b24-16-/t27-/m0/s1. The van der Waals surface area contributed by atoms with E-state index >= 15 is 0 Å². The van der Waals surface area contributed by atoms with Gasteiger partial charge < -0.3 is 9.15 Å². The second kappa shape index (κ2) is 11.1. The Hall–Kier alpha value is -4.94. The fraction of sp³-hybridized carbons (Fsp3) is 0.100. The zero-order chi connectivity index (χ0) is 29.4. The number of nitro benzene ring substituents is 1. The van der Waals surface area contributed by atoms with Crippen LogP contribution in [-0.2, 0) is 9.53 Å². The number of thiophene rings is 1. The van der Waals surface area contributed by atoms with Crippen molar-refractivity contribution in [1.29, 1.82) is 0 Å². The number of rotatable bonds is 7. The number of carbonyl (C=O) groups is 1. The number of esters is 1. The maximum absolute atomic E-state index is 13.9. The van der Waals surface area contributed by atoms with E-state index < -0.39 is 28.4 Å². The van der Waals surface area contributed by atoms with E-state index in [2.05, 4.69) is 0 Å². The lowest BCUT2D eigenvalue weighted by atomic mass is 9.97. The molecule has 4 heterocycles. The van der Waals surface area contributed by atoms with Crippen LogP contribution in [0.25, 0.3) is 23.1 Å². The zero-order valence-electron chi connectivity index (χ0n) is 21.9. The molecule has 9 nitrogen and oxygen atoms in total. The monoisotopic (exact) mass is 601 g/mol. The van der Waals surface area contributed by atoms with Crippen molar-refractivity contribution in [2.45, 2.75) is 13.0 Å². The van der Waals surface area contributed by atoms with Crippen LogP contribution in [0.4, 0.5) is 10.1 Å². The largest absolute Gasteiger partial charge is 0.463 e. The molecular weight excluding hydrogens is 581 g/mol. The number of carbonyl (C=O) groups excluding carboxylic acids is 1. The number of thiazole rings is 1. The maximum Gasteiger partial charge on any atom is 0.338 e. The maximum atomic E-state index is 13.9. The van der Waals surface area contributed by atoms with Gasteiger partial charge in [-0.25, -0.2) is 9.79 Å². The highest BCUT2D eigenvalue weighted by Gasteiger charge is 2.35. The van der Waals surface area contributed by atoms with Crippen LogP contribution in [0.3, 0.4) is 0 Å². The van der Waals surface area contributed by atoms with Gasteiger partial charge in [0.2, 0.25) is 5.82 Å². The number of halogens is 1. The van der Waals surface area contributed by atoms with Gasteiger partial charge in [-0.2, -0.15) is 4.39 Å². The van der Waals surface area contributed by atoms with Crippen molar-refractivity contribution in [2.75, 3.05) is 6.61 Å². The fourth-order valence-electron chi connectivity index (χ4n) is 4.68. The lowest BCUT2D eigenvalue weighted by molar-refractivity contribution is -0.387. The Morgan fingerprint density at radius 2 is 1.95 bits per heavy atom. The van der Waals surface area contributed by atoms with Crippen LogP contribution in [0.2, 0.25) is 0 Å². The van der Waals surface area contributed by atoms with Gasteiger partial charge in [-0.1, -0.05) is 47.7 Å². The number of ether oxygens (including phenoxy) is 1. The fourth-order valence-corrected chi connectivity index (χ4v) is 6.48. The smallest absolute Gasteiger partial charge is 0.338 e. The minimum Gasteiger partial charge on any atom is -0.463 e. The van der Waals surface area contributed by atoms with E-state index in [0.29, 0.717) is 31.9 Å². The molecule has 0 saturated carbocycles. The number of hydrogen-bond donors (Lipinski definition) is 0. The summed E-state index contributed by atoms with van der Waals surface area (Å²) in [6, 6.07) is 18.9. The normalized spacial score (nSPS) is 14.9. The first-order chi connectivity index (χ1) is 20.4. The Kier molecular flexibility index (Phi) is 7.23. The summed E-state index contributed by atoms with van der Waals surface area (Å²) in [6.07, 6.45) is 1.55. The molecule has 0 saturated heterocycles. The molecule has 42 heavy (non-hydrogen) atoms. The second-order valence-corrected chi connectivity index (χ2v) is 11.1. The molecule has 0 bridgehead atoms. The lowest BCUT2D eigenvalue weighted by Gasteiger charge is -2.24. The van der Waals surface area contributed by atoms with Crippen molar-refractivity contribution in [1.82, 2.24) is 4.57 Å². The third kappa shape index (κ3) is 4.91. The molecule has 6 rings (SSSR count). The molecule has 1 aliphatic heterocycles. The molecule has 5 aromatic rings. The average Bonchev–Trinajstić information content (AvgIpc) is 3.75. The third-order valence-electron chi connectivity index (χ3n) is 6.51. The van der Waals surface area contributed by atoms with Crippen LogP contribution in [0.5, 0.6) is 0 Å². The highest BCUT2D eigenvalue weighted by Crippen LogP contribution is 2.37. The van der Waals surface area contributed by atoms with Gasteiger partial charge in [-0.05, 0) is 42.6 Å². The first kappa shape index (κ1) is 27.2. The number of nitro groups is 1. The minimum atomic E-state index is -0.950. The number of benzene rings is 2. The van der Waals surface area contributed by atoms with Crippen molar-refractivity contribution in [2.24, 2.45) is 4.99 Å². The van der Waals surface area contributed by atoms with Crippen LogP contribution in [0.15, 0.2) is 98.0 Å². The number of nitrogens with zero attached hydrogens (tertiary/aromatic N) is 3. The summed E-state index contributed by atoms with van der Waals surface area (Å²) in [7, 11) is 0. The van der Waals surface area contributed by atoms with E-state index in [9.17, 15) is 24.1 Å². The Bertz CT molecular complexity index is 2040. The van der Waals surface area contributed by atoms with Crippen LogP contribution < -0.4 is 14.9 Å². The van der Waals surface area contributed by atoms with E-state index in [0.717, 1.165) is 28.3 Å². The summed E-state index contributed by atoms with van der Waals surface area (Å²) < 4.78 is 26.9. The lowest BCUT2D eigenvalue weighted by Crippen LogP contribution is -2.39. The molecule has 0 aliphatic carbocycles. The predicted molar refractivity (Wildman–Crippen MR) is 156 cm³/mol. The van der Waals surface area contributed by atoms with E-state index in [4.69, 9.17) is 14.1 Å². The molecule has 0 spiro atoms. The van der Waals surface area contributed by atoms with E-state index in [-0.39, 0.29) is 23.5 Å². The van der Waals surface area contributed by atoms with Gasteiger partial charge in [0, 0.05) is 28.1 Å². The Labute approximate surface area is 244 Å². The summed E-state index contributed by atoms with van der Waals surface area (Å²) in [5.41, 5.74) is 0.679. The van der Waals surface area contributed by atoms with Gasteiger partial charge in [-0.15, -0.1) is 11.3 Å². The molecule has 0 amide bonds. The van der Waals surface area contributed by atoms with Gasteiger partial charge in [0.25, 0.3) is 5.56 Å². The number of aromatic nitrogens is 1. The van der Waals surface area contributed by atoms with Crippen LogP contribution >= 0.6 is 22.7 Å². The van der Waals surface area contributed by atoms with Crippen LogP contribution in [0.1, 0.15) is 29.2 Å². The Balaban J connectivity index is 1.51. The molecule has 0 unspecified atom stereocenters. The van der Waals surface area contributed by atoms with Gasteiger partial charge in [0.05, 0.1) is 27.3 Å². The highest BCUT2D eigenvalue weighted by molar-refractivity contribution is 7.10. The van der Waals surface area contributed by atoms with E-state index in [1.165, 1.54) is 22.0 Å². The first-order valence-corrected chi connectivity index (χ1v) is 14.4. The molecule has 0 radical (unpaired) electrons. The molecule has 3 aromatic heterocycles. The van der Waals surface area contributed by atoms with Crippen molar-refractivity contribution >= 4 is 46.1 Å². The molecule has 0 fully saturated rings. The molecule has 210 valence electrons. The zero-order valence-corrected chi connectivity index (χ0v) is 23.5. The van der Waals surface area contributed by atoms with Gasteiger partial charge in [0.15, 0.2) is 4.80 Å². The van der Waals surface area contributed by atoms with E-state index in [1.54, 1.807) is 25.1 Å². The van der Waals surface area contributed by atoms with Gasteiger partial charge >= 0.3 is 11.7 Å². The Morgan fingerprint density at radius 3 is 2.67 bits per heavy atom. The van der Waals surface area contributed by atoms with Crippen molar-refractivity contribution in [3.8, 4) is 11.3 Å². The summed E-state index contributed by atoms with van der Waals surface area (Å²) in [5, 5.41) is 13.0. The molecular formula is C30H20FN3O6S2. The topological polar surface area (TPSA) is 117 Å². The summed E-state index contributed by atoms with van der Waals surface area (Å²) in [4.78, 5) is 43.6. The van der Waals surface area contributed by atoms with Crippen molar-refractivity contribution in [3.05, 3.63) is 136 Å². The Morgan fingerprint density at radius 1 is 1.14 bits per heavy atom. The molecule has 0 N–H and O–H groups in total. The van der Waals surface area contributed by atoms with Crippen LogP contribution in [0, 0.1) is 15.9 Å². The SMILES string of the molecule is CCOC(=O)C1=C(c2ccccc2)N=c2s/c(=C\c3ccc(-c4ccc(F)c([N+](=O)[O-])c4)o3)c(=O)n2[C@H]1c1cccs1. The van der Waals surface area contributed by atoms with Crippen LogP contribution in [-0.4, -0.2) is 22.1 Å². The second-order valence-electron chi connectivity index (χ2n) is 9.07. The molecule has 12 heteroatoms. The van der Waals surface area contributed by atoms with Gasteiger partial charge in [-0.3, -0.25) is 19.5 Å². The highest BCUT2D eigenvalue weighted by atomic mass is 32.1. The summed E-state index contributed by atoms with van der Waals surface area (Å²) >= 11 is 2.56. The minimum absolute atomic E-state index is 0.157. The summed E-state index contributed by atoms with van der Waals surface area (Å²) in [6.45, 7) is 1.88. The molecule has 1 aliphatic rings. The average molecular weight is 602 g/mol. The number of fused-ring (bicyclic) bond motifs is 1. The van der Waals surface area contributed by atoms with Gasteiger partial charge in [0.1, 0.15) is 17.6 Å². The number of hydrogen-bond acceptors (Lipinski definition) is 9. The van der Waals surface area contributed by atoms with Crippen molar-refractivity contribution < 1.29 is 23.3 Å². The third-order valence-corrected chi connectivity index (χ3v) is 8.42. The number of furan rings is 1. The molecule has 1 atom stereocenters. The molecule has 2 aromatic carbocycles. The quantitative estimate of drug-likeness (QED) is 0.142. The first-order valence-electron chi connectivity index (χ1n) is 12.7. The van der Waals surface area contributed by atoms with Crippen molar-refractivity contribution in [3.63, 3.8) is 0 Å². The van der Waals surface area contributed by atoms with E-state index in [1.807, 2.05) is 47.8 Å². The predicted octanol–water partition coefficient (Wildman–Crippen LogP) is 5.30.